The highest BCUT2D eigenvalue weighted by atomic mass is 127. The highest BCUT2D eigenvalue weighted by Gasteiger charge is 2.23. The smallest absolute Gasteiger partial charge is 0.191 e. The Morgan fingerprint density at radius 1 is 1.03 bits per heavy atom. The number of halogens is 1. The lowest BCUT2D eigenvalue weighted by Gasteiger charge is -2.36. The standard InChI is InChI=1S/C24H42N6O2.HI/c1-5-25-24(26-18-20(2)29-12-10-28(3)11-13-29)27-19-23(30-14-16-32-17-15-30)21-6-8-22(31-4)9-7-21;/h6-9,20,23H,5,10-19H2,1-4H3,(H2,25,26,27);1H. The molecule has 2 saturated heterocycles. The molecule has 0 bridgehead atoms. The fraction of sp³-hybridized carbons (Fsp3) is 0.708. The van der Waals surface area contributed by atoms with E-state index >= 15 is 0 Å². The highest BCUT2D eigenvalue weighted by Crippen LogP contribution is 2.23. The molecule has 2 N–H and O–H groups in total. The van der Waals surface area contributed by atoms with Crippen LogP contribution in [0.15, 0.2) is 29.3 Å². The van der Waals surface area contributed by atoms with Crippen LogP contribution >= 0.6 is 24.0 Å². The fourth-order valence-electron chi connectivity index (χ4n) is 4.31. The van der Waals surface area contributed by atoms with Crippen molar-refractivity contribution in [1.82, 2.24) is 25.3 Å². The molecular weight excluding hydrogens is 531 g/mol. The highest BCUT2D eigenvalue weighted by molar-refractivity contribution is 14.0. The van der Waals surface area contributed by atoms with Gasteiger partial charge in [-0.2, -0.15) is 0 Å². The summed E-state index contributed by atoms with van der Waals surface area (Å²) in [6.45, 7) is 14.8. The summed E-state index contributed by atoms with van der Waals surface area (Å²) in [7, 11) is 3.90. The van der Waals surface area contributed by atoms with Crippen LogP contribution in [-0.2, 0) is 4.74 Å². The van der Waals surface area contributed by atoms with Gasteiger partial charge in [0.05, 0.1) is 32.9 Å². The summed E-state index contributed by atoms with van der Waals surface area (Å²) in [5, 5.41) is 7.03. The van der Waals surface area contributed by atoms with Gasteiger partial charge in [0.25, 0.3) is 0 Å². The van der Waals surface area contributed by atoms with E-state index in [9.17, 15) is 0 Å². The summed E-state index contributed by atoms with van der Waals surface area (Å²) in [6, 6.07) is 9.11. The van der Waals surface area contributed by atoms with E-state index in [1.54, 1.807) is 7.11 Å². The maximum atomic E-state index is 5.59. The van der Waals surface area contributed by atoms with Gasteiger partial charge in [-0.25, -0.2) is 0 Å². The largest absolute Gasteiger partial charge is 0.497 e. The number of ether oxygens (including phenoxy) is 2. The third-order valence-electron chi connectivity index (χ3n) is 6.47. The molecule has 1 aromatic rings. The minimum absolute atomic E-state index is 0. The number of methoxy groups -OCH3 is 1. The summed E-state index contributed by atoms with van der Waals surface area (Å²) in [6.07, 6.45) is 0. The molecule has 2 atom stereocenters. The van der Waals surface area contributed by atoms with Crippen molar-refractivity contribution in [3.63, 3.8) is 0 Å². The predicted molar refractivity (Wildman–Crippen MR) is 146 cm³/mol. The van der Waals surface area contributed by atoms with Crippen molar-refractivity contribution in [3.05, 3.63) is 29.8 Å². The molecule has 2 aliphatic rings. The Kier molecular flexibility index (Phi) is 12.8. The van der Waals surface area contributed by atoms with E-state index < -0.39 is 0 Å². The molecular formula is C24H43IN6O2. The molecule has 2 fully saturated rings. The van der Waals surface area contributed by atoms with Gasteiger partial charge < -0.3 is 25.0 Å². The van der Waals surface area contributed by atoms with Crippen molar-refractivity contribution in [2.45, 2.75) is 25.9 Å². The average molecular weight is 575 g/mol. The second-order valence-corrected chi connectivity index (χ2v) is 8.73. The predicted octanol–water partition coefficient (Wildman–Crippen LogP) is 1.88. The lowest BCUT2D eigenvalue weighted by atomic mass is 10.0. The van der Waals surface area contributed by atoms with Crippen molar-refractivity contribution < 1.29 is 9.47 Å². The van der Waals surface area contributed by atoms with Crippen LogP contribution in [0.3, 0.4) is 0 Å². The van der Waals surface area contributed by atoms with Crippen LogP contribution in [0.5, 0.6) is 5.75 Å². The second-order valence-electron chi connectivity index (χ2n) is 8.73. The van der Waals surface area contributed by atoms with Crippen molar-refractivity contribution in [1.29, 1.82) is 0 Å². The molecule has 9 heteroatoms. The normalized spacial score (nSPS) is 20.5. The van der Waals surface area contributed by atoms with Crippen LogP contribution in [0.25, 0.3) is 0 Å². The van der Waals surface area contributed by atoms with Gasteiger partial charge in [-0.3, -0.25) is 14.8 Å². The molecule has 0 aromatic heterocycles. The lowest BCUT2D eigenvalue weighted by molar-refractivity contribution is 0.0170. The molecule has 3 rings (SSSR count). The summed E-state index contributed by atoms with van der Waals surface area (Å²) >= 11 is 0. The fourth-order valence-corrected chi connectivity index (χ4v) is 4.31. The number of likely N-dealkylation sites (N-methyl/N-ethyl adjacent to an activating group) is 1. The van der Waals surface area contributed by atoms with Crippen molar-refractivity contribution >= 4 is 29.9 Å². The molecule has 0 aliphatic carbocycles. The number of benzene rings is 1. The molecule has 33 heavy (non-hydrogen) atoms. The number of morpholine rings is 1. The van der Waals surface area contributed by atoms with E-state index in [0.717, 1.165) is 83.8 Å². The first-order valence-corrected chi connectivity index (χ1v) is 12.0. The first-order chi connectivity index (χ1) is 15.6. The Labute approximate surface area is 217 Å². The Hall–Kier alpha value is -1.14. The zero-order valence-corrected chi connectivity index (χ0v) is 23.1. The molecule has 1 aromatic carbocycles. The molecule has 2 aliphatic heterocycles. The molecule has 0 spiro atoms. The summed E-state index contributed by atoms with van der Waals surface area (Å²) < 4.78 is 10.9. The maximum Gasteiger partial charge on any atom is 0.191 e. The topological polar surface area (TPSA) is 64.6 Å². The number of nitrogens with one attached hydrogen (secondary N) is 2. The van der Waals surface area contributed by atoms with Crippen LogP contribution in [0.4, 0.5) is 0 Å². The summed E-state index contributed by atoms with van der Waals surface area (Å²) in [5.41, 5.74) is 1.28. The van der Waals surface area contributed by atoms with E-state index in [0.29, 0.717) is 6.04 Å². The van der Waals surface area contributed by atoms with E-state index in [1.165, 1.54) is 5.56 Å². The third kappa shape index (κ3) is 8.86. The van der Waals surface area contributed by atoms with Crippen LogP contribution in [0, 0.1) is 0 Å². The van der Waals surface area contributed by atoms with Gasteiger partial charge in [0, 0.05) is 58.4 Å². The molecule has 2 unspecified atom stereocenters. The minimum Gasteiger partial charge on any atom is -0.497 e. The van der Waals surface area contributed by atoms with Gasteiger partial charge >= 0.3 is 0 Å². The molecule has 188 valence electrons. The van der Waals surface area contributed by atoms with E-state index in [2.05, 4.69) is 58.4 Å². The summed E-state index contributed by atoms with van der Waals surface area (Å²) in [5.74, 6) is 1.77. The number of guanidine groups is 1. The Balaban J connectivity index is 0.00000385. The van der Waals surface area contributed by atoms with Crippen molar-refractivity contribution in [3.8, 4) is 5.75 Å². The monoisotopic (exact) mass is 574 g/mol. The number of rotatable bonds is 9. The van der Waals surface area contributed by atoms with Gasteiger partial charge in [0.2, 0.25) is 0 Å². The van der Waals surface area contributed by atoms with E-state index in [1.807, 2.05) is 12.1 Å². The van der Waals surface area contributed by atoms with Crippen LogP contribution in [0.2, 0.25) is 0 Å². The van der Waals surface area contributed by atoms with Gasteiger partial charge in [-0.1, -0.05) is 12.1 Å². The zero-order chi connectivity index (χ0) is 22.8. The first-order valence-electron chi connectivity index (χ1n) is 12.0. The SMILES string of the molecule is CCNC(=NCC(C)N1CCN(C)CC1)NCC(c1ccc(OC)cc1)N1CCOCC1.I. The molecule has 2 heterocycles. The van der Waals surface area contributed by atoms with Crippen molar-refractivity contribution in [2.24, 2.45) is 4.99 Å². The summed E-state index contributed by atoms with van der Waals surface area (Å²) in [4.78, 5) is 12.4. The number of nitrogens with zero attached hydrogens (tertiary/aromatic N) is 4. The maximum absolute atomic E-state index is 5.59. The van der Waals surface area contributed by atoms with Crippen molar-refractivity contribution in [2.75, 3.05) is 86.3 Å². The third-order valence-corrected chi connectivity index (χ3v) is 6.47. The lowest BCUT2D eigenvalue weighted by Crippen LogP contribution is -2.49. The molecule has 0 amide bonds. The van der Waals surface area contributed by atoms with Gasteiger partial charge in [-0.05, 0) is 38.6 Å². The van der Waals surface area contributed by atoms with Crippen LogP contribution < -0.4 is 15.4 Å². The Morgan fingerprint density at radius 2 is 1.70 bits per heavy atom. The molecule has 8 nitrogen and oxygen atoms in total. The van der Waals surface area contributed by atoms with Gasteiger partial charge in [0.1, 0.15) is 5.75 Å². The number of hydrogen-bond acceptors (Lipinski definition) is 6. The minimum atomic E-state index is 0. The molecule has 0 saturated carbocycles. The first kappa shape index (κ1) is 28.1. The average Bonchev–Trinajstić information content (AvgIpc) is 2.84. The quantitative estimate of drug-likeness (QED) is 0.266. The van der Waals surface area contributed by atoms with E-state index in [4.69, 9.17) is 14.5 Å². The second kappa shape index (κ2) is 15.0. The number of aliphatic imine (C=N–C) groups is 1. The Morgan fingerprint density at radius 3 is 2.30 bits per heavy atom. The van der Waals surface area contributed by atoms with Gasteiger partial charge in [0.15, 0.2) is 5.96 Å². The zero-order valence-electron chi connectivity index (χ0n) is 20.8. The number of hydrogen-bond donors (Lipinski definition) is 2. The van der Waals surface area contributed by atoms with Crippen LogP contribution in [-0.4, -0.2) is 113 Å². The molecule has 0 radical (unpaired) electrons. The Bertz CT molecular complexity index is 691. The van der Waals surface area contributed by atoms with E-state index in [-0.39, 0.29) is 30.0 Å². The number of piperazine rings is 1. The van der Waals surface area contributed by atoms with Gasteiger partial charge in [-0.15, -0.1) is 24.0 Å². The van der Waals surface area contributed by atoms with Crippen LogP contribution in [0.1, 0.15) is 25.5 Å².